The average molecular weight is 176 g/mol. The molecule has 0 bridgehead atoms. The van der Waals surface area contributed by atoms with Gasteiger partial charge in [-0.1, -0.05) is 5.16 Å². The van der Waals surface area contributed by atoms with Crippen LogP contribution in [0.4, 0.5) is 8.78 Å². The van der Waals surface area contributed by atoms with E-state index in [1.165, 1.54) is 6.07 Å². The van der Waals surface area contributed by atoms with Crippen molar-refractivity contribution in [1.82, 2.24) is 5.16 Å². The number of halogens is 2. The van der Waals surface area contributed by atoms with Gasteiger partial charge in [-0.3, -0.25) is 0 Å². The molecule has 0 aliphatic carbocycles. The fourth-order valence-corrected chi connectivity index (χ4v) is 0.913. The average Bonchev–Trinajstić information content (AvgIpc) is 2.37. The molecule has 2 N–H and O–H groups in total. The number of hydrogen-bond donors (Lipinski definition) is 1. The molecule has 1 atom stereocenters. The zero-order chi connectivity index (χ0) is 9.14. The number of nitrogens with two attached hydrogens (primary N) is 1. The molecule has 0 amide bonds. The zero-order valence-electron chi connectivity index (χ0n) is 6.63. The monoisotopic (exact) mass is 176 g/mol. The van der Waals surface area contributed by atoms with Gasteiger partial charge in [0.1, 0.15) is 5.76 Å². The molecule has 1 aromatic rings. The van der Waals surface area contributed by atoms with Crippen LogP contribution >= 0.6 is 0 Å². The summed E-state index contributed by atoms with van der Waals surface area (Å²) in [5, 5.41) is 3.47. The third kappa shape index (κ3) is 1.79. The second-order valence-electron chi connectivity index (χ2n) is 2.54. The van der Waals surface area contributed by atoms with Crippen molar-refractivity contribution in [1.29, 1.82) is 0 Å². The number of hydrogen-bond acceptors (Lipinski definition) is 3. The molecule has 0 spiro atoms. The summed E-state index contributed by atoms with van der Waals surface area (Å²) >= 11 is 0. The highest BCUT2D eigenvalue weighted by molar-refractivity contribution is 5.10. The Labute approximate surface area is 68.5 Å². The lowest BCUT2D eigenvalue weighted by Gasteiger charge is -2.08. The number of alkyl halides is 2. The Hall–Kier alpha value is -0.970. The number of rotatable bonds is 3. The van der Waals surface area contributed by atoms with Crippen LogP contribution in [0, 0.1) is 6.92 Å². The van der Waals surface area contributed by atoms with Gasteiger partial charge in [0.2, 0.25) is 6.43 Å². The van der Waals surface area contributed by atoms with Gasteiger partial charge in [0.05, 0.1) is 11.6 Å². The molecule has 3 nitrogen and oxygen atoms in total. The fraction of sp³-hybridized carbons (Fsp3) is 0.571. The van der Waals surface area contributed by atoms with Crippen LogP contribution in [0.3, 0.4) is 0 Å². The molecular weight excluding hydrogens is 166 g/mol. The van der Waals surface area contributed by atoms with E-state index < -0.39 is 12.3 Å². The van der Waals surface area contributed by atoms with E-state index in [-0.39, 0.29) is 12.2 Å². The Kier molecular flexibility index (Phi) is 2.75. The van der Waals surface area contributed by atoms with Gasteiger partial charge in [-0.15, -0.1) is 0 Å². The highest BCUT2D eigenvalue weighted by atomic mass is 19.3. The van der Waals surface area contributed by atoms with Crippen molar-refractivity contribution in [3.8, 4) is 0 Å². The maximum absolute atomic E-state index is 12.2. The maximum atomic E-state index is 12.2. The van der Waals surface area contributed by atoms with E-state index in [0.29, 0.717) is 5.76 Å². The Morgan fingerprint density at radius 3 is 2.67 bits per heavy atom. The smallest absolute Gasteiger partial charge is 0.248 e. The standard InChI is InChI=1S/C7H10F2N2O/c1-4-2-6(11-12-4)5(3-10)7(8)9/h2,5,7H,3,10H2,1H3. The first-order chi connectivity index (χ1) is 5.65. The molecule has 0 saturated carbocycles. The zero-order valence-corrected chi connectivity index (χ0v) is 6.63. The molecule has 1 aromatic heterocycles. The molecule has 68 valence electrons. The molecule has 0 aliphatic rings. The molecular formula is C7H10F2N2O. The van der Waals surface area contributed by atoms with Gasteiger partial charge >= 0.3 is 0 Å². The van der Waals surface area contributed by atoms with Gasteiger partial charge < -0.3 is 10.3 Å². The molecule has 1 unspecified atom stereocenters. The molecule has 0 fully saturated rings. The predicted octanol–water partition coefficient (Wildman–Crippen LogP) is 1.29. The van der Waals surface area contributed by atoms with Gasteiger partial charge in [0.25, 0.3) is 0 Å². The SMILES string of the molecule is Cc1cc(C(CN)C(F)F)no1. The maximum Gasteiger partial charge on any atom is 0.248 e. The minimum atomic E-state index is -2.49. The van der Waals surface area contributed by atoms with E-state index in [0.717, 1.165) is 0 Å². The van der Waals surface area contributed by atoms with Crippen molar-refractivity contribution >= 4 is 0 Å². The quantitative estimate of drug-likeness (QED) is 0.754. The summed E-state index contributed by atoms with van der Waals surface area (Å²) in [6.45, 7) is 1.53. The van der Waals surface area contributed by atoms with Crippen LogP contribution in [0.25, 0.3) is 0 Å². The Morgan fingerprint density at radius 1 is 1.67 bits per heavy atom. The molecule has 0 radical (unpaired) electrons. The molecule has 0 saturated heterocycles. The van der Waals surface area contributed by atoms with Crippen molar-refractivity contribution in [3.63, 3.8) is 0 Å². The summed E-state index contributed by atoms with van der Waals surface area (Å²) in [6.07, 6.45) is -2.49. The van der Waals surface area contributed by atoms with Gasteiger partial charge in [0, 0.05) is 12.6 Å². The summed E-state index contributed by atoms with van der Waals surface area (Å²) in [5.41, 5.74) is 5.38. The van der Waals surface area contributed by atoms with Crippen molar-refractivity contribution in [3.05, 3.63) is 17.5 Å². The summed E-state index contributed by atoms with van der Waals surface area (Å²) in [4.78, 5) is 0. The van der Waals surface area contributed by atoms with E-state index in [1.807, 2.05) is 0 Å². The molecule has 0 aliphatic heterocycles. The predicted molar refractivity (Wildman–Crippen MR) is 39.0 cm³/mol. The first kappa shape index (κ1) is 9.12. The lowest BCUT2D eigenvalue weighted by molar-refractivity contribution is 0.113. The van der Waals surface area contributed by atoms with Gasteiger partial charge in [-0.05, 0) is 6.92 Å². The Bertz CT molecular complexity index is 249. The van der Waals surface area contributed by atoms with Crippen LogP contribution in [0.2, 0.25) is 0 Å². The van der Waals surface area contributed by atoms with Crippen LogP contribution in [0.1, 0.15) is 17.4 Å². The fourth-order valence-electron chi connectivity index (χ4n) is 0.913. The van der Waals surface area contributed by atoms with E-state index in [4.69, 9.17) is 5.73 Å². The topological polar surface area (TPSA) is 52.0 Å². The summed E-state index contributed by atoms with van der Waals surface area (Å²) in [6, 6.07) is 1.48. The van der Waals surface area contributed by atoms with E-state index in [1.54, 1.807) is 6.92 Å². The third-order valence-electron chi connectivity index (χ3n) is 1.58. The highest BCUT2D eigenvalue weighted by Gasteiger charge is 2.23. The normalized spacial score (nSPS) is 13.8. The molecule has 0 aromatic carbocycles. The Morgan fingerprint density at radius 2 is 2.33 bits per heavy atom. The number of nitrogens with zero attached hydrogens (tertiary/aromatic N) is 1. The van der Waals surface area contributed by atoms with Crippen LogP contribution in [-0.4, -0.2) is 18.1 Å². The number of aryl methyl sites for hydroxylation is 1. The van der Waals surface area contributed by atoms with E-state index >= 15 is 0 Å². The summed E-state index contributed by atoms with van der Waals surface area (Å²) in [7, 11) is 0. The van der Waals surface area contributed by atoms with Crippen molar-refractivity contribution in [2.75, 3.05) is 6.54 Å². The van der Waals surface area contributed by atoms with Crippen LogP contribution in [-0.2, 0) is 0 Å². The first-order valence-corrected chi connectivity index (χ1v) is 3.56. The van der Waals surface area contributed by atoms with Crippen molar-refractivity contribution in [2.24, 2.45) is 5.73 Å². The molecule has 12 heavy (non-hydrogen) atoms. The number of aromatic nitrogens is 1. The first-order valence-electron chi connectivity index (χ1n) is 3.56. The summed E-state index contributed by atoms with van der Waals surface area (Å²) in [5.74, 6) is -0.494. The molecule has 5 heteroatoms. The largest absolute Gasteiger partial charge is 0.361 e. The van der Waals surface area contributed by atoms with Crippen molar-refractivity contribution < 1.29 is 13.3 Å². The summed E-state index contributed by atoms with van der Waals surface area (Å²) < 4.78 is 29.1. The third-order valence-corrected chi connectivity index (χ3v) is 1.58. The van der Waals surface area contributed by atoms with Gasteiger partial charge in [0.15, 0.2) is 0 Å². The molecule has 1 heterocycles. The second-order valence-corrected chi connectivity index (χ2v) is 2.54. The lowest BCUT2D eigenvalue weighted by atomic mass is 10.1. The minimum absolute atomic E-state index is 0.121. The Balaban J connectivity index is 2.80. The van der Waals surface area contributed by atoms with Gasteiger partial charge in [-0.25, -0.2) is 8.78 Å². The minimum Gasteiger partial charge on any atom is -0.361 e. The van der Waals surface area contributed by atoms with Crippen molar-refractivity contribution in [2.45, 2.75) is 19.3 Å². The van der Waals surface area contributed by atoms with E-state index in [9.17, 15) is 8.78 Å². The lowest BCUT2D eigenvalue weighted by Crippen LogP contribution is -2.19. The van der Waals surface area contributed by atoms with E-state index in [2.05, 4.69) is 9.68 Å². The second kappa shape index (κ2) is 3.62. The van der Waals surface area contributed by atoms with Gasteiger partial charge in [-0.2, -0.15) is 0 Å². The molecule has 1 rings (SSSR count). The van der Waals surface area contributed by atoms with Crippen LogP contribution in [0.5, 0.6) is 0 Å². The van der Waals surface area contributed by atoms with Crippen LogP contribution < -0.4 is 5.73 Å². The van der Waals surface area contributed by atoms with Crippen LogP contribution in [0.15, 0.2) is 10.6 Å². The highest BCUT2D eigenvalue weighted by Crippen LogP contribution is 2.21.